The fourth-order valence-corrected chi connectivity index (χ4v) is 2.70. The summed E-state index contributed by atoms with van der Waals surface area (Å²) in [7, 11) is 3.50. The second-order valence-electron chi connectivity index (χ2n) is 8.08. The number of benzene rings is 1. The van der Waals surface area contributed by atoms with Gasteiger partial charge in [-0.05, 0) is 44.0 Å². The van der Waals surface area contributed by atoms with Crippen LogP contribution in [0, 0.1) is 0 Å². The molecule has 2 aromatic rings. The summed E-state index contributed by atoms with van der Waals surface area (Å²) in [6, 6.07) is 14.1. The monoisotopic (exact) mass is 411 g/mol. The first kappa shape index (κ1) is 23.2. The van der Waals surface area contributed by atoms with Gasteiger partial charge in [-0.3, -0.25) is 9.98 Å². The zero-order valence-electron chi connectivity index (χ0n) is 18.6. The Morgan fingerprint density at radius 2 is 1.80 bits per heavy atom. The molecule has 0 aliphatic rings. The minimum Gasteiger partial charge on any atom is -0.444 e. The average Bonchev–Trinajstić information content (AvgIpc) is 2.71. The molecule has 0 saturated heterocycles. The lowest BCUT2D eigenvalue weighted by atomic mass is 10.1. The fourth-order valence-electron chi connectivity index (χ4n) is 2.70. The third-order valence-corrected chi connectivity index (χ3v) is 4.23. The standard InChI is InChI=1S/C23H33N5O2/c1-23(2,3)30-22(29)28(5)17-19-11-9-18(10-12-19)16-27-21(24-4)26-15-13-20-8-6-7-14-25-20/h6-12,14H,13,15-17H2,1-5H3,(H2,24,26,27). The molecule has 1 aromatic carbocycles. The van der Waals surface area contributed by atoms with Gasteiger partial charge in [0.1, 0.15) is 5.60 Å². The van der Waals surface area contributed by atoms with Crippen LogP contribution in [-0.2, 0) is 24.2 Å². The van der Waals surface area contributed by atoms with Crippen LogP contribution >= 0.6 is 0 Å². The van der Waals surface area contributed by atoms with Crippen molar-refractivity contribution in [3.63, 3.8) is 0 Å². The number of ether oxygens (including phenoxy) is 1. The van der Waals surface area contributed by atoms with Crippen molar-refractivity contribution >= 4 is 12.1 Å². The molecule has 0 saturated carbocycles. The number of aliphatic imine (C=N–C) groups is 1. The first-order valence-corrected chi connectivity index (χ1v) is 10.1. The topological polar surface area (TPSA) is 78.9 Å². The molecular weight excluding hydrogens is 378 g/mol. The van der Waals surface area contributed by atoms with E-state index < -0.39 is 5.60 Å². The molecule has 2 rings (SSSR count). The van der Waals surface area contributed by atoms with Crippen LogP contribution in [0.3, 0.4) is 0 Å². The largest absolute Gasteiger partial charge is 0.444 e. The molecule has 1 aromatic heterocycles. The quantitative estimate of drug-likeness (QED) is 0.540. The Morgan fingerprint density at radius 1 is 1.10 bits per heavy atom. The summed E-state index contributed by atoms with van der Waals surface area (Å²) < 4.78 is 5.39. The number of nitrogens with zero attached hydrogens (tertiary/aromatic N) is 3. The molecule has 1 amide bonds. The molecule has 162 valence electrons. The highest BCUT2D eigenvalue weighted by Crippen LogP contribution is 2.12. The highest BCUT2D eigenvalue weighted by Gasteiger charge is 2.19. The summed E-state index contributed by atoms with van der Waals surface area (Å²) >= 11 is 0. The molecule has 0 aliphatic heterocycles. The van der Waals surface area contributed by atoms with Crippen molar-refractivity contribution in [1.29, 1.82) is 0 Å². The second kappa shape index (κ2) is 11.2. The molecule has 0 aliphatic carbocycles. The number of hydrogen-bond donors (Lipinski definition) is 2. The number of pyridine rings is 1. The molecule has 30 heavy (non-hydrogen) atoms. The van der Waals surface area contributed by atoms with Gasteiger partial charge in [0.05, 0.1) is 0 Å². The van der Waals surface area contributed by atoms with Gasteiger partial charge in [-0.1, -0.05) is 30.3 Å². The van der Waals surface area contributed by atoms with Crippen LogP contribution in [0.1, 0.15) is 37.6 Å². The molecule has 0 spiro atoms. The maximum atomic E-state index is 12.1. The molecule has 0 atom stereocenters. The third-order valence-electron chi connectivity index (χ3n) is 4.23. The van der Waals surface area contributed by atoms with Crippen molar-refractivity contribution in [3.05, 3.63) is 65.5 Å². The Labute approximate surface area is 179 Å². The predicted molar refractivity (Wildman–Crippen MR) is 120 cm³/mol. The van der Waals surface area contributed by atoms with Crippen LogP contribution < -0.4 is 10.6 Å². The smallest absolute Gasteiger partial charge is 0.410 e. The maximum Gasteiger partial charge on any atom is 0.410 e. The highest BCUT2D eigenvalue weighted by atomic mass is 16.6. The molecular formula is C23H33N5O2. The number of rotatable bonds is 7. The molecule has 0 unspecified atom stereocenters. The Hall–Kier alpha value is -3.09. The molecule has 7 nitrogen and oxygen atoms in total. The van der Waals surface area contributed by atoms with Crippen LogP contribution in [-0.4, -0.2) is 48.2 Å². The summed E-state index contributed by atoms with van der Waals surface area (Å²) in [5, 5.41) is 6.61. The van der Waals surface area contributed by atoms with Gasteiger partial charge in [0.2, 0.25) is 0 Å². The van der Waals surface area contributed by atoms with Crippen LogP contribution in [0.4, 0.5) is 4.79 Å². The van der Waals surface area contributed by atoms with Crippen molar-refractivity contribution in [1.82, 2.24) is 20.5 Å². The molecule has 1 heterocycles. The average molecular weight is 412 g/mol. The molecule has 0 fully saturated rings. The van der Waals surface area contributed by atoms with Gasteiger partial charge in [0.15, 0.2) is 5.96 Å². The molecule has 0 bridgehead atoms. The van der Waals surface area contributed by atoms with Crippen molar-refractivity contribution in [3.8, 4) is 0 Å². The lowest BCUT2D eigenvalue weighted by molar-refractivity contribution is 0.0285. The first-order chi connectivity index (χ1) is 14.3. The Balaban J connectivity index is 1.77. The summed E-state index contributed by atoms with van der Waals surface area (Å²) in [6.07, 6.45) is 2.31. The number of aromatic nitrogens is 1. The Kier molecular flexibility index (Phi) is 8.65. The number of nitrogens with one attached hydrogen (secondary N) is 2. The summed E-state index contributed by atoms with van der Waals surface area (Å²) in [4.78, 5) is 22.2. The lowest BCUT2D eigenvalue weighted by Crippen LogP contribution is -2.37. The van der Waals surface area contributed by atoms with Crippen molar-refractivity contribution in [2.24, 2.45) is 4.99 Å². The zero-order chi connectivity index (χ0) is 22.0. The van der Waals surface area contributed by atoms with E-state index in [1.165, 1.54) is 0 Å². The minimum atomic E-state index is -0.495. The fraction of sp³-hybridized carbons (Fsp3) is 0.435. The van der Waals surface area contributed by atoms with Crippen molar-refractivity contribution in [2.75, 3.05) is 20.6 Å². The van der Waals surface area contributed by atoms with Crippen LogP contribution in [0.2, 0.25) is 0 Å². The normalized spacial score (nSPS) is 11.7. The van der Waals surface area contributed by atoms with Crippen LogP contribution in [0.25, 0.3) is 0 Å². The predicted octanol–water partition coefficient (Wildman–Crippen LogP) is 3.36. The number of carbonyl (C=O) groups is 1. The summed E-state index contributed by atoms with van der Waals surface area (Å²) in [5.41, 5.74) is 2.73. The van der Waals surface area contributed by atoms with Crippen molar-refractivity contribution < 1.29 is 9.53 Å². The maximum absolute atomic E-state index is 12.1. The third kappa shape index (κ3) is 8.51. The number of hydrogen-bond acceptors (Lipinski definition) is 4. The van der Waals surface area contributed by atoms with Gasteiger partial charge < -0.3 is 20.3 Å². The summed E-state index contributed by atoms with van der Waals surface area (Å²) in [6.45, 7) is 7.50. The van der Waals surface area contributed by atoms with Crippen LogP contribution in [0.15, 0.2) is 53.7 Å². The van der Waals surface area contributed by atoms with E-state index in [1.54, 1.807) is 25.2 Å². The second-order valence-corrected chi connectivity index (χ2v) is 8.08. The highest BCUT2D eigenvalue weighted by molar-refractivity contribution is 5.79. The van der Waals surface area contributed by atoms with Gasteiger partial charge in [-0.25, -0.2) is 4.79 Å². The number of guanidine groups is 1. The summed E-state index contributed by atoms with van der Waals surface area (Å²) in [5.74, 6) is 0.750. The SMILES string of the molecule is CN=C(NCCc1ccccn1)NCc1ccc(CN(C)C(=O)OC(C)(C)C)cc1. The van der Waals surface area contributed by atoms with E-state index in [4.69, 9.17) is 4.74 Å². The van der Waals surface area contributed by atoms with Gasteiger partial charge >= 0.3 is 6.09 Å². The van der Waals surface area contributed by atoms with Gasteiger partial charge in [-0.2, -0.15) is 0 Å². The molecule has 7 heteroatoms. The molecule has 0 radical (unpaired) electrons. The van der Waals surface area contributed by atoms with E-state index in [0.717, 1.165) is 35.7 Å². The number of amides is 1. The number of carbonyl (C=O) groups excluding carboxylic acids is 1. The Bertz CT molecular complexity index is 814. The van der Waals surface area contributed by atoms with Gasteiger partial charge in [0, 0.05) is 52.0 Å². The Morgan fingerprint density at radius 3 is 2.40 bits per heavy atom. The van der Waals surface area contributed by atoms with Crippen molar-refractivity contribution in [2.45, 2.75) is 45.9 Å². The van der Waals surface area contributed by atoms with E-state index in [2.05, 4.69) is 20.6 Å². The lowest BCUT2D eigenvalue weighted by Gasteiger charge is -2.24. The van der Waals surface area contributed by atoms with E-state index in [1.807, 2.05) is 63.2 Å². The van der Waals surface area contributed by atoms with Gasteiger partial charge in [0.25, 0.3) is 0 Å². The van der Waals surface area contributed by atoms with E-state index >= 15 is 0 Å². The van der Waals surface area contributed by atoms with E-state index in [0.29, 0.717) is 13.1 Å². The molecule has 2 N–H and O–H groups in total. The van der Waals surface area contributed by atoms with E-state index in [9.17, 15) is 4.79 Å². The zero-order valence-corrected chi connectivity index (χ0v) is 18.6. The van der Waals surface area contributed by atoms with Gasteiger partial charge in [-0.15, -0.1) is 0 Å². The first-order valence-electron chi connectivity index (χ1n) is 10.1. The van der Waals surface area contributed by atoms with E-state index in [-0.39, 0.29) is 6.09 Å². The van der Waals surface area contributed by atoms with Crippen LogP contribution in [0.5, 0.6) is 0 Å². The minimum absolute atomic E-state index is 0.325.